The van der Waals surface area contributed by atoms with Crippen molar-refractivity contribution in [3.05, 3.63) is 47.0 Å². The second-order valence-electron chi connectivity index (χ2n) is 19.7. The van der Waals surface area contributed by atoms with E-state index >= 15 is 0 Å². The number of fused-ring (bicyclic) bond motifs is 7. The number of esters is 1. The first-order valence-corrected chi connectivity index (χ1v) is 19.6. The Morgan fingerprint density at radius 3 is 2.24 bits per heavy atom. The number of allylic oxidation sites excluding steroid dienone is 1. The molecule has 0 unspecified atom stereocenters. The van der Waals surface area contributed by atoms with Gasteiger partial charge in [0.2, 0.25) is 6.08 Å². The number of benzene rings is 1. The van der Waals surface area contributed by atoms with E-state index in [-0.39, 0.29) is 62.7 Å². The minimum absolute atomic E-state index is 0.0219. The van der Waals surface area contributed by atoms with E-state index in [2.05, 4.69) is 97.6 Å². The SMILES string of the molecule is CC(C)C1=C2[C@H]3CC[C@@H]4[C@@]5(C)CC[C@H](OC(=O)[C@H]6C[C@@H](Cc7ccccc7)C6(C)C)C(C)(C)[C@@H]5CC[C@@]4(C)[C@]3(C)CC[C@@]2(N=C=O)CC1=O. The summed E-state index contributed by atoms with van der Waals surface area (Å²) in [6.45, 7) is 21.3. The molecule has 0 saturated heterocycles. The lowest BCUT2D eigenvalue weighted by Gasteiger charge is -2.72. The Kier molecular flexibility index (Phi) is 8.19. The smallest absolute Gasteiger partial charge is 0.309 e. The maximum Gasteiger partial charge on any atom is 0.309 e. The zero-order chi connectivity index (χ0) is 35.4. The molecule has 1 aromatic rings. The molecule has 7 rings (SSSR count). The van der Waals surface area contributed by atoms with E-state index in [0.717, 1.165) is 69.8 Å². The minimum atomic E-state index is -0.673. The molecule has 49 heavy (non-hydrogen) atoms. The normalized spacial score (nSPS) is 43.3. The van der Waals surface area contributed by atoms with Crippen molar-refractivity contribution >= 4 is 17.8 Å². The van der Waals surface area contributed by atoms with Crippen molar-refractivity contribution in [2.24, 2.45) is 67.6 Å². The molecule has 5 fully saturated rings. The molecule has 0 heterocycles. The fourth-order valence-electron chi connectivity index (χ4n) is 13.9. The van der Waals surface area contributed by atoms with E-state index in [1.807, 2.05) is 6.08 Å². The van der Waals surface area contributed by atoms with Gasteiger partial charge < -0.3 is 4.74 Å². The predicted octanol–water partition coefficient (Wildman–Crippen LogP) is 9.87. The van der Waals surface area contributed by atoms with E-state index in [1.165, 1.54) is 11.1 Å². The summed E-state index contributed by atoms with van der Waals surface area (Å²) in [4.78, 5) is 43.7. The zero-order valence-electron chi connectivity index (χ0n) is 31.8. The van der Waals surface area contributed by atoms with Crippen LogP contribution in [0, 0.1) is 62.6 Å². The fourth-order valence-corrected chi connectivity index (χ4v) is 13.9. The first-order valence-electron chi connectivity index (χ1n) is 19.6. The highest BCUT2D eigenvalue weighted by Crippen LogP contribution is 2.76. The Balaban J connectivity index is 1.11. The van der Waals surface area contributed by atoms with E-state index in [4.69, 9.17) is 4.74 Å². The summed E-state index contributed by atoms with van der Waals surface area (Å²) in [5.74, 6) is 2.11. The van der Waals surface area contributed by atoms with Crippen molar-refractivity contribution in [1.29, 1.82) is 0 Å². The van der Waals surface area contributed by atoms with Gasteiger partial charge in [0.05, 0.1) is 5.92 Å². The van der Waals surface area contributed by atoms with Gasteiger partial charge in [0.1, 0.15) is 11.6 Å². The van der Waals surface area contributed by atoms with Crippen LogP contribution >= 0.6 is 0 Å². The van der Waals surface area contributed by atoms with Gasteiger partial charge in [0.25, 0.3) is 0 Å². The van der Waals surface area contributed by atoms with Gasteiger partial charge in [-0.15, -0.1) is 0 Å². The number of hydrogen-bond acceptors (Lipinski definition) is 5. The Hall–Kier alpha value is -2.52. The summed E-state index contributed by atoms with van der Waals surface area (Å²) in [6.07, 6.45) is 12.4. The molecular formula is C44H61NO4. The summed E-state index contributed by atoms with van der Waals surface area (Å²) >= 11 is 0. The monoisotopic (exact) mass is 667 g/mol. The Bertz CT molecular complexity index is 1600. The number of nitrogens with zero attached hydrogens (tertiary/aromatic N) is 1. The van der Waals surface area contributed by atoms with Crippen molar-refractivity contribution in [3.8, 4) is 0 Å². The third-order valence-corrected chi connectivity index (χ3v) is 16.9. The van der Waals surface area contributed by atoms with E-state index in [9.17, 15) is 14.4 Å². The van der Waals surface area contributed by atoms with Gasteiger partial charge in [-0.05, 0) is 132 Å². The quantitative estimate of drug-likeness (QED) is 0.172. The maximum absolute atomic E-state index is 13.9. The van der Waals surface area contributed by atoms with E-state index < -0.39 is 5.54 Å². The second-order valence-corrected chi connectivity index (χ2v) is 19.7. The van der Waals surface area contributed by atoms with Crippen LogP contribution in [0.15, 0.2) is 46.5 Å². The van der Waals surface area contributed by atoms with Crippen LogP contribution in [0.1, 0.15) is 132 Å². The summed E-state index contributed by atoms with van der Waals surface area (Å²) in [5, 5.41) is 0. The molecule has 0 N–H and O–H groups in total. The highest BCUT2D eigenvalue weighted by Gasteiger charge is 2.70. The number of carbonyl (C=O) groups excluding carboxylic acids is 3. The molecule has 0 aromatic heterocycles. The highest BCUT2D eigenvalue weighted by atomic mass is 16.5. The molecule has 0 aliphatic heterocycles. The van der Waals surface area contributed by atoms with Crippen LogP contribution in [0.25, 0.3) is 0 Å². The minimum Gasteiger partial charge on any atom is -0.462 e. The number of hydrogen-bond donors (Lipinski definition) is 0. The average molecular weight is 668 g/mol. The maximum atomic E-state index is 13.9. The van der Waals surface area contributed by atoms with Crippen LogP contribution in [0.5, 0.6) is 0 Å². The van der Waals surface area contributed by atoms with Crippen molar-refractivity contribution < 1.29 is 19.1 Å². The Morgan fingerprint density at radius 1 is 0.878 bits per heavy atom. The number of ketones is 1. The lowest BCUT2D eigenvalue weighted by molar-refractivity contribution is -0.235. The molecule has 266 valence electrons. The largest absolute Gasteiger partial charge is 0.462 e. The van der Waals surface area contributed by atoms with Gasteiger partial charge in [0, 0.05) is 11.8 Å². The lowest BCUT2D eigenvalue weighted by atomic mass is 9.33. The molecule has 6 aliphatic carbocycles. The van der Waals surface area contributed by atoms with Crippen LogP contribution < -0.4 is 0 Å². The molecule has 0 bridgehead atoms. The summed E-state index contributed by atoms with van der Waals surface area (Å²) < 4.78 is 6.61. The van der Waals surface area contributed by atoms with Crippen molar-refractivity contribution in [2.45, 2.75) is 145 Å². The van der Waals surface area contributed by atoms with Gasteiger partial charge in [-0.3, -0.25) is 9.59 Å². The topological polar surface area (TPSA) is 72.8 Å². The standard InChI is InChI=1S/C44H61NO4/c1-27(2)36-32(47)25-44(45-26-46)22-21-42(8)30(37(36)44)15-16-34-41(7)19-18-35(40(5,6)33(41)17-20-43(34,42)9)49-38(48)31-24-29(39(31,3)4)23-28-13-11-10-12-14-28/h10-14,27,29-31,33-35H,15-25H2,1-9H3/t29-,30-,31-,33+,34-,35+,41+,42-,43-,44-/m1/s1. The molecule has 5 nitrogen and oxygen atoms in total. The molecule has 6 aliphatic rings. The van der Waals surface area contributed by atoms with Crippen molar-refractivity contribution in [1.82, 2.24) is 0 Å². The molecule has 10 atom stereocenters. The van der Waals surface area contributed by atoms with Crippen LogP contribution in [0.4, 0.5) is 0 Å². The van der Waals surface area contributed by atoms with Gasteiger partial charge in [-0.25, -0.2) is 4.79 Å². The average Bonchev–Trinajstić information content (AvgIpc) is 3.33. The fraction of sp³-hybridized carbons (Fsp3) is 0.750. The van der Waals surface area contributed by atoms with Gasteiger partial charge in [-0.2, -0.15) is 4.99 Å². The third-order valence-electron chi connectivity index (χ3n) is 16.9. The summed E-state index contributed by atoms with van der Waals surface area (Å²) in [6, 6.07) is 10.7. The Morgan fingerprint density at radius 2 is 1.59 bits per heavy atom. The molecule has 1 aromatic carbocycles. The number of isocyanates is 1. The highest BCUT2D eigenvalue weighted by molar-refractivity contribution is 6.01. The molecule has 5 saturated carbocycles. The summed E-state index contributed by atoms with van der Waals surface area (Å²) in [5.41, 5.74) is 2.97. The number of Topliss-reactive ketones (excluding diaryl/α,β-unsaturated/α-hetero) is 1. The van der Waals surface area contributed by atoms with Gasteiger partial charge in [0.15, 0.2) is 5.78 Å². The predicted molar refractivity (Wildman–Crippen MR) is 193 cm³/mol. The molecular weight excluding hydrogens is 606 g/mol. The van der Waals surface area contributed by atoms with Crippen LogP contribution in [-0.2, 0) is 25.5 Å². The third kappa shape index (κ3) is 4.83. The van der Waals surface area contributed by atoms with Gasteiger partial charge in [-0.1, -0.05) is 92.6 Å². The van der Waals surface area contributed by atoms with E-state index in [0.29, 0.717) is 24.2 Å². The van der Waals surface area contributed by atoms with Crippen molar-refractivity contribution in [2.75, 3.05) is 0 Å². The number of carbonyl (C=O) groups is 2. The van der Waals surface area contributed by atoms with E-state index in [1.54, 1.807) is 0 Å². The molecule has 0 amide bonds. The molecule has 0 spiro atoms. The second kappa shape index (κ2) is 11.5. The van der Waals surface area contributed by atoms with Crippen LogP contribution in [-0.4, -0.2) is 29.5 Å². The Labute approximate surface area is 295 Å². The van der Waals surface area contributed by atoms with Crippen LogP contribution in [0.2, 0.25) is 0 Å². The van der Waals surface area contributed by atoms with Gasteiger partial charge >= 0.3 is 5.97 Å². The number of rotatable bonds is 6. The first-order chi connectivity index (χ1) is 23.0. The zero-order valence-corrected chi connectivity index (χ0v) is 31.8. The number of aliphatic imine (C=N–C) groups is 1. The van der Waals surface area contributed by atoms with Crippen molar-refractivity contribution in [3.63, 3.8) is 0 Å². The number of ether oxygens (including phenoxy) is 1. The van der Waals surface area contributed by atoms with Crippen LogP contribution in [0.3, 0.4) is 0 Å². The first kappa shape index (κ1) is 34.9. The lowest BCUT2D eigenvalue weighted by Crippen LogP contribution is -2.66. The molecule has 5 heteroatoms. The molecule has 0 radical (unpaired) electrons. The summed E-state index contributed by atoms with van der Waals surface area (Å²) in [7, 11) is 0.